The average molecular weight is 220 g/mol. The molecular formula is C13H18NO2. The Morgan fingerprint density at radius 1 is 1.31 bits per heavy atom. The van der Waals surface area contributed by atoms with Crippen LogP contribution in [0.1, 0.15) is 25.8 Å². The monoisotopic (exact) mass is 220 g/mol. The maximum Gasteiger partial charge on any atom is 0.324 e. The van der Waals surface area contributed by atoms with Gasteiger partial charge in [-0.15, -0.1) is 0 Å². The molecule has 0 unspecified atom stereocenters. The standard InChI is InChI=1S/C13H18NO2/c1-10(2)8-12(14)13(15)16-9-11-6-4-3-5-7-11/h3-7,10,12,14H,8-9H2,1-2H3/t12-/m1/s1. The van der Waals surface area contributed by atoms with Crippen LogP contribution in [0.4, 0.5) is 0 Å². The Morgan fingerprint density at radius 2 is 1.94 bits per heavy atom. The number of hydrogen-bond acceptors (Lipinski definition) is 2. The van der Waals surface area contributed by atoms with Crippen molar-refractivity contribution in [3.63, 3.8) is 0 Å². The first-order valence-corrected chi connectivity index (χ1v) is 5.51. The van der Waals surface area contributed by atoms with E-state index in [1.54, 1.807) is 0 Å². The van der Waals surface area contributed by atoms with E-state index in [-0.39, 0.29) is 6.61 Å². The van der Waals surface area contributed by atoms with Crippen LogP contribution in [0.25, 0.3) is 0 Å². The molecule has 3 nitrogen and oxygen atoms in total. The molecule has 16 heavy (non-hydrogen) atoms. The third-order valence-corrected chi connectivity index (χ3v) is 2.22. The Kier molecular flexibility index (Phi) is 4.99. The minimum atomic E-state index is -0.760. The van der Waals surface area contributed by atoms with Crippen molar-refractivity contribution in [2.45, 2.75) is 32.9 Å². The third kappa shape index (κ3) is 4.45. The molecule has 0 aliphatic rings. The van der Waals surface area contributed by atoms with Crippen LogP contribution in [-0.2, 0) is 16.1 Å². The number of carbonyl (C=O) groups is 1. The molecule has 0 aliphatic heterocycles. The molecule has 0 aromatic heterocycles. The molecule has 0 amide bonds. The second-order valence-corrected chi connectivity index (χ2v) is 4.28. The maximum absolute atomic E-state index is 11.4. The Hall–Kier alpha value is -1.35. The van der Waals surface area contributed by atoms with Gasteiger partial charge >= 0.3 is 5.97 Å². The highest BCUT2D eigenvalue weighted by molar-refractivity contribution is 5.75. The smallest absolute Gasteiger partial charge is 0.324 e. The van der Waals surface area contributed by atoms with Gasteiger partial charge < -0.3 is 4.74 Å². The fraction of sp³-hybridized carbons (Fsp3) is 0.462. The van der Waals surface area contributed by atoms with Crippen molar-refractivity contribution in [1.29, 1.82) is 0 Å². The van der Waals surface area contributed by atoms with E-state index >= 15 is 0 Å². The van der Waals surface area contributed by atoms with Crippen molar-refractivity contribution in [1.82, 2.24) is 5.73 Å². The van der Waals surface area contributed by atoms with E-state index in [0.717, 1.165) is 5.56 Å². The molecule has 0 saturated carbocycles. The molecule has 1 atom stereocenters. The third-order valence-electron chi connectivity index (χ3n) is 2.22. The molecule has 0 fully saturated rings. The van der Waals surface area contributed by atoms with Gasteiger partial charge in [-0.05, 0) is 17.9 Å². The van der Waals surface area contributed by atoms with E-state index in [0.29, 0.717) is 12.3 Å². The molecule has 1 aromatic rings. The highest BCUT2D eigenvalue weighted by Gasteiger charge is 2.17. The number of ether oxygens (including phenoxy) is 1. The zero-order valence-electron chi connectivity index (χ0n) is 9.77. The van der Waals surface area contributed by atoms with Crippen molar-refractivity contribution < 1.29 is 9.53 Å². The van der Waals surface area contributed by atoms with Gasteiger partial charge in [0.2, 0.25) is 0 Å². The van der Waals surface area contributed by atoms with Gasteiger partial charge in [-0.1, -0.05) is 44.2 Å². The first-order valence-electron chi connectivity index (χ1n) is 5.51. The molecule has 1 rings (SSSR count). The molecule has 0 bridgehead atoms. The van der Waals surface area contributed by atoms with Crippen molar-refractivity contribution in [2.75, 3.05) is 0 Å². The zero-order valence-corrected chi connectivity index (χ0v) is 9.77. The van der Waals surface area contributed by atoms with Gasteiger partial charge in [-0.3, -0.25) is 4.79 Å². The Balaban J connectivity index is 2.35. The second-order valence-electron chi connectivity index (χ2n) is 4.28. The first-order chi connectivity index (χ1) is 7.59. The zero-order chi connectivity index (χ0) is 12.0. The summed E-state index contributed by atoms with van der Waals surface area (Å²) in [7, 11) is 0. The molecule has 0 aliphatic carbocycles. The summed E-state index contributed by atoms with van der Waals surface area (Å²) in [5.74, 6) is -0.0932. The largest absolute Gasteiger partial charge is 0.460 e. The van der Waals surface area contributed by atoms with Gasteiger partial charge in [0.1, 0.15) is 12.6 Å². The maximum atomic E-state index is 11.4. The SMILES string of the molecule is CC(C)C[C@@H]([NH])C(=O)OCc1ccccc1. The first kappa shape index (κ1) is 12.7. The average Bonchev–Trinajstić information content (AvgIpc) is 2.26. The molecule has 1 radical (unpaired) electrons. The number of carbonyl (C=O) groups excluding carboxylic acids is 1. The highest BCUT2D eigenvalue weighted by atomic mass is 16.5. The Labute approximate surface area is 96.6 Å². The van der Waals surface area contributed by atoms with Crippen LogP contribution in [0.5, 0.6) is 0 Å². The molecular weight excluding hydrogens is 202 g/mol. The summed E-state index contributed by atoms with van der Waals surface area (Å²) in [4.78, 5) is 11.4. The summed E-state index contributed by atoms with van der Waals surface area (Å²) in [5, 5.41) is 0. The van der Waals surface area contributed by atoms with Crippen molar-refractivity contribution in [3.8, 4) is 0 Å². The minimum Gasteiger partial charge on any atom is -0.460 e. The highest BCUT2D eigenvalue weighted by Crippen LogP contribution is 2.07. The lowest BCUT2D eigenvalue weighted by molar-refractivity contribution is -0.147. The molecule has 0 heterocycles. The van der Waals surface area contributed by atoms with Crippen LogP contribution in [0.15, 0.2) is 30.3 Å². The van der Waals surface area contributed by atoms with Gasteiger partial charge in [0.15, 0.2) is 0 Å². The lowest BCUT2D eigenvalue weighted by Crippen LogP contribution is -2.26. The molecule has 3 heteroatoms. The van der Waals surface area contributed by atoms with Crippen LogP contribution in [0, 0.1) is 5.92 Å². The fourth-order valence-electron chi connectivity index (χ4n) is 1.40. The lowest BCUT2D eigenvalue weighted by Gasteiger charge is -2.12. The summed E-state index contributed by atoms with van der Waals surface area (Å²) in [5.41, 5.74) is 8.55. The lowest BCUT2D eigenvalue weighted by atomic mass is 10.1. The number of rotatable bonds is 5. The van der Waals surface area contributed by atoms with E-state index < -0.39 is 12.0 Å². The van der Waals surface area contributed by atoms with Crippen molar-refractivity contribution in [3.05, 3.63) is 35.9 Å². The van der Waals surface area contributed by atoms with Crippen LogP contribution < -0.4 is 5.73 Å². The normalized spacial score (nSPS) is 12.5. The van der Waals surface area contributed by atoms with Crippen LogP contribution in [0.2, 0.25) is 0 Å². The predicted molar refractivity (Wildman–Crippen MR) is 62.6 cm³/mol. The molecule has 87 valence electrons. The van der Waals surface area contributed by atoms with Crippen molar-refractivity contribution >= 4 is 5.97 Å². The molecule has 0 saturated heterocycles. The molecule has 1 aromatic carbocycles. The van der Waals surface area contributed by atoms with Crippen molar-refractivity contribution in [2.24, 2.45) is 5.92 Å². The second kappa shape index (κ2) is 6.28. The number of benzene rings is 1. The summed E-state index contributed by atoms with van der Waals surface area (Å²) < 4.78 is 5.06. The number of nitrogens with one attached hydrogen (secondary N) is 1. The van der Waals surface area contributed by atoms with E-state index in [2.05, 4.69) is 0 Å². The van der Waals surface area contributed by atoms with E-state index in [1.165, 1.54) is 0 Å². The van der Waals surface area contributed by atoms with Gasteiger partial charge in [0, 0.05) is 0 Å². The van der Waals surface area contributed by atoms with E-state index in [1.807, 2.05) is 44.2 Å². The molecule has 1 N–H and O–H groups in total. The summed E-state index contributed by atoms with van der Waals surface area (Å²) >= 11 is 0. The topological polar surface area (TPSA) is 50.1 Å². The van der Waals surface area contributed by atoms with Crippen LogP contribution in [0.3, 0.4) is 0 Å². The minimum absolute atomic E-state index is 0.257. The Bertz CT molecular complexity index is 322. The number of hydrogen-bond donors (Lipinski definition) is 0. The summed E-state index contributed by atoms with van der Waals surface area (Å²) in [6.07, 6.45) is 0.549. The quantitative estimate of drug-likeness (QED) is 0.715. The summed E-state index contributed by atoms with van der Waals surface area (Å²) in [6.45, 7) is 4.24. The van der Waals surface area contributed by atoms with Gasteiger partial charge in [-0.25, -0.2) is 5.73 Å². The fourth-order valence-corrected chi connectivity index (χ4v) is 1.40. The Morgan fingerprint density at radius 3 is 2.50 bits per heavy atom. The van der Waals surface area contributed by atoms with Crippen LogP contribution in [-0.4, -0.2) is 12.0 Å². The van der Waals surface area contributed by atoms with E-state index in [4.69, 9.17) is 10.5 Å². The predicted octanol–water partition coefficient (Wildman–Crippen LogP) is 2.43. The molecule has 0 spiro atoms. The van der Waals surface area contributed by atoms with E-state index in [9.17, 15) is 4.79 Å². The van der Waals surface area contributed by atoms with Gasteiger partial charge in [0.25, 0.3) is 0 Å². The van der Waals surface area contributed by atoms with Gasteiger partial charge in [0.05, 0.1) is 0 Å². The number of esters is 1. The van der Waals surface area contributed by atoms with Gasteiger partial charge in [-0.2, -0.15) is 0 Å². The van der Waals surface area contributed by atoms with Crippen LogP contribution >= 0.6 is 0 Å². The summed E-state index contributed by atoms with van der Waals surface area (Å²) in [6, 6.07) is 8.75.